The molecular formula is C25H22N2O3S. The average molecular weight is 431 g/mol. The minimum atomic E-state index is -1.08. The van der Waals surface area contributed by atoms with Crippen molar-refractivity contribution in [2.24, 2.45) is 0 Å². The molecule has 3 aromatic carbocycles. The van der Waals surface area contributed by atoms with Crippen molar-refractivity contribution >= 4 is 35.0 Å². The third kappa shape index (κ3) is 3.01. The number of ether oxygens (including phenoxy) is 1. The molecule has 1 fully saturated rings. The van der Waals surface area contributed by atoms with Crippen LogP contribution in [-0.4, -0.2) is 24.7 Å². The number of para-hydroxylation sites is 1. The van der Waals surface area contributed by atoms with Gasteiger partial charge in [-0.3, -0.25) is 14.5 Å². The van der Waals surface area contributed by atoms with Gasteiger partial charge in [-0.1, -0.05) is 42.5 Å². The summed E-state index contributed by atoms with van der Waals surface area (Å²) in [6, 6.07) is 23.3. The summed E-state index contributed by atoms with van der Waals surface area (Å²) < 4.78 is 5.35. The summed E-state index contributed by atoms with van der Waals surface area (Å²) in [7, 11) is 1.63. The minimum Gasteiger partial charge on any atom is -0.497 e. The molecule has 0 bridgehead atoms. The molecule has 3 aromatic rings. The maximum absolute atomic E-state index is 14.0. The van der Waals surface area contributed by atoms with Crippen LogP contribution in [0.1, 0.15) is 16.7 Å². The second-order valence-corrected chi connectivity index (χ2v) is 8.93. The molecule has 2 aliphatic rings. The summed E-state index contributed by atoms with van der Waals surface area (Å²) in [5, 5.41) is 0. The predicted molar refractivity (Wildman–Crippen MR) is 123 cm³/mol. The van der Waals surface area contributed by atoms with Gasteiger partial charge in [0.15, 0.2) is 0 Å². The first-order chi connectivity index (χ1) is 15.0. The molecule has 2 heterocycles. The molecule has 0 saturated carbocycles. The van der Waals surface area contributed by atoms with Crippen molar-refractivity contribution in [2.45, 2.75) is 18.3 Å². The molecule has 0 aromatic heterocycles. The lowest BCUT2D eigenvalue weighted by atomic mass is 10.0. The van der Waals surface area contributed by atoms with Gasteiger partial charge in [-0.05, 0) is 48.4 Å². The molecule has 0 N–H and O–H groups in total. The van der Waals surface area contributed by atoms with E-state index in [0.717, 1.165) is 33.8 Å². The number of anilines is 2. The standard InChI is InChI=1S/C25H22N2O3S/c1-17-7-5-9-19(13-17)27-23(28)16-31-25(27)21-11-3-4-12-22(21)26(24(25)29)15-18-8-6-10-20(14-18)30-2/h3-14H,15-16H2,1-2H3/t25-/m0/s1. The van der Waals surface area contributed by atoms with Crippen LogP contribution in [0.15, 0.2) is 72.8 Å². The Bertz CT molecular complexity index is 1190. The van der Waals surface area contributed by atoms with Gasteiger partial charge in [0.1, 0.15) is 5.75 Å². The highest BCUT2D eigenvalue weighted by Gasteiger charge is 2.60. The fraction of sp³-hybridized carbons (Fsp3) is 0.200. The molecule has 0 radical (unpaired) electrons. The Morgan fingerprint density at radius 2 is 1.81 bits per heavy atom. The first-order valence-electron chi connectivity index (χ1n) is 10.1. The van der Waals surface area contributed by atoms with E-state index >= 15 is 0 Å². The summed E-state index contributed by atoms with van der Waals surface area (Å²) in [5.74, 6) is 0.871. The molecule has 156 valence electrons. The fourth-order valence-corrected chi connectivity index (χ4v) is 5.79. The van der Waals surface area contributed by atoms with E-state index in [2.05, 4.69) is 0 Å². The molecule has 1 atom stereocenters. The van der Waals surface area contributed by atoms with E-state index in [1.807, 2.05) is 79.7 Å². The largest absolute Gasteiger partial charge is 0.497 e. The lowest BCUT2D eigenvalue weighted by molar-refractivity contribution is -0.123. The average Bonchev–Trinajstić information content (AvgIpc) is 3.25. The Labute approximate surface area is 185 Å². The number of hydrogen-bond donors (Lipinski definition) is 0. The van der Waals surface area contributed by atoms with E-state index in [-0.39, 0.29) is 17.6 Å². The van der Waals surface area contributed by atoms with Crippen LogP contribution in [-0.2, 0) is 21.0 Å². The molecule has 5 rings (SSSR count). The van der Waals surface area contributed by atoms with Crippen molar-refractivity contribution in [3.8, 4) is 5.75 Å². The normalized spacial score (nSPS) is 19.9. The van der Waals surface area contributed by atoms with Crippen molar-refractivity contribution in [1.29, 1.82) is 0 Å². The molecule has 1 saturated heterocycles. The Hall–Kier alpha value is -3.25. The number of carbonyl (C=O) groups excluding carboxylic acids is 2. The molecular weight excluding hydrogens is 408 g/mol. The van der Waals surface area contributed by atoms with Gasteiger partial charge in [-0.15, -0.1) is 11.8 Å². The van der Waals surface area contributed by atoms with Crippen molar-refractivity contribution < 1.29 is 14.3 Å². The van der Waals surface area contributed by atoms with Gasteiger partial charge >= 0.3 is 0 Å². The summed E-state index contributed by atoms with van der Waals surface area (Å²) >= 11 is 1.40. The summed E-state index contributed by atoms with van der Waals surface area (Å²) in [6.45, 7) is 2.40. The first-order valence-corrected chi connectivity index (χ1v) is 11.1. The zero-order valence-corrected chi connectivity index (χ0v) is 18.2. The second-order valence-electron chi connectivity index (χ2n) is 7.76. The minimum absolute atomic E-state index is 0.0537. The van der Waals surface area contributed by atoms with E-state index in [1.165, 1.54) is 11.8 Å². The zero-order chi connectivity index (χ0) is 21.6. The van der Waals surface area contributed by atoms with Crippen LogP contribution in [0.25, 0.3) is 0 Å². The summed E-state index contributed by atoms with van der Waals surface area (Å²) in [5.41, 5.74) is 4.47. The van der Waals surface area contributed by atoms with Crippen LogP contribution in [0.4, 0.5) is 11.4 Å². The van der Waals surface area contributed by atoms with Gasteiger partial charge in [0.2, 0.25) is 10.8 Å². The highest BCUT2D eigenvalue weighted by molar-refractivity contribution is 8.02. The lowest BCUT2D eigenvalue weighted by Crippen LogP contribution is -2.49. The smallest absolute Gasteiger partial charge is 0.269 e. The number of nitrogens with zero attached hydrogens (tertiary/aromatic N) is 2. The second kappa shape index (κ2) is 7.46. The number of thioether (sulfide) groups is 1. The van der Waals surface area contributed by atoms with Crippen molar-refractivity contribution in [3.63, 3.8) is 0 Å². The van der Waals surface area contributed by atoms with Gasteiger partial charge in [-0.2, -0.15) is 0 Å². The van der Waals surface area contributed by atoms with Crippen LogP contribution in [0.3, 0.4) is 0 Å². The number of rotatable bonds is 4. The van der Waals surface area contributed by atoms with E-state index in [9.17, 15) is 9.59 Å². The third-order valence-corrected chi connectivity index (χ3v) is 7.18. The fourth-order valence-electron chi connectivity index (χ4n) is 4.43. The van der Waals surface area contributed by atoms with Crippen LogP contribution in [0, 0.1) is 6.92 Å². The maximum Gasteiger partial charge on any atom is 0.269 e. The van der Waals surface area contributed by atoms with Gasteiger partial charge in [0.05, 0.1) is 25.1 Å². The molecule has 2 aliphatic heterocycles. The van der Waals surface area contributed by atoms with Gasteiger partial charge in [0.25, 0.3) is 5.91 Å². The first kappa shape index (κ1) is 19.7. The van der Waals surface area contributed by atoms with Crippen LogP contribution < -0.4 is 14.5 Å². The molecule has 0 aliphatic carbocycles. The zero-order valence-electron chi connectivity index (χ0n) is 17.4. The Morgan fingerprint density at radius 1 is 1.00 bits per heavy atom. The molecule has 31 heavy (non-hydrogen) atoms. The van der Waals surface area contributed by atoms with Gasteiger partial charge in [0, 0.05) is 11.3 Å². The topological polar surface area (TPSA) is 49.9 Å². The van der Waals surface area contributed by atoms with Crippen LogP contribution >= 0.6 is 11.8 Å². The highest BCUT2D eigenvalue weighted by Crippen LogP contribution is 2.56. The Morgan fingerprint density at radius 3 is 2.61 bits per heavy atom. The molecule has 6 heteroatoms. The monoisotopic (exact) mass is 430 g/mol. The Balaban J connectivity index is 1.63. The van der Waals surface area contributed by atoms with E-state index in [1.54, 1.807) is 16.9 Å². The Kier molecular flexibility index (Phi) is 4.74. The number of hydrogen-bond acceptors (Lipinski definition) is 4. The van der Waals surface area contributed by atoms with E-state index in [0.29, 0.717) is 6.54 Å². The lowest BCUT2D eigenvalue weighted by Gasteiger charge is -2.33. The molecule has 5 nitrogen and oxygen atoms in total. The third-order valence-electron chi connectivity index (χ3n) is 5.80. The number of carbonyl (C=O) groups is 2. The summed E-state index contributed by atoms with van der Waals surface area (Å²) in [4.78, 5) is 29.5. The SMILES string of the molecule is COc1cccc(CN2C(=O)[C@@]3(SCC(=O)N3c3cccc(C)c3)c3ccccc32)c1. The van der Waals surface area contributed by atoms with E-state index < -0.39 is 4.87 Å². The number of fused-ring (bicyclic) bond motifs is 2. The molecule has 0 unspecified atom stereocenters. The van der Waals surface area contributed by atoms with Crippen molar-refractivity contribution in [2.75, 3.05) is 22.7 Å². The van der Waals surface area contributed by atoms with Gasteiger partial charge in [-0.25, -0.2) is 0 Å². The number of amides is 2. The predicted octanol–water partition coefficient (Wildman–Crippen LogP) is 4.48. The van der Waals surface area contributed by atoms with Crippen LogP contribution in [0.2, 0.25) is 0 Å². The van der Waals surface area contributed by atoms with Crippen molar-refractivity contribution in [1.82, 2.24) is 0 Å². The van der Waals surface area contributed by atoms with E-state index in [4.69, 9.17) is 4.74 Å². The quantitative estimate of drug-likeness (QED) is 0.612. The number of aryl methyl sites for hydroxylation is 1. The van der Waals surface area contributed by atoms with Gasteiger partial charge < -0.3 is 9.64 Å². The van der Waals surface area contributed by atoms with Crippen LogP contribution in [0.5, 0.6) is 5.75 Å². The van der Waals surface area contributed by atoms with Crippen molar-refractivity contribution in [3.05, 3.63) is 89.5 Å². The summed E-state index contributed by atoms with van der Waals surface area (Å²) in [6.07, 6.45) is 0. The number of benzene rings is 3. The number of methoxy groups -OCH3 is 1. The highest BCUT2D eigenvalue weighted by atomic mass is 32.2. The maximum atomic E-state index is 14.0. The molecule has 1 spiro atoms. The molecule has 2 amide bonds.